The maximum absolute atomic E-state index is 3.64. The molecule has 0 aliphatic heterocycles. The molecule has 1 aromatic heterocycles. The molecular formula is C14H23NS. The predicted molar refractivity (Wildman–Crippen MR) is 72.2 cm³/mol. The molecule has 1 aliphatic rings. The van der Waals surface area contributed by atoms with Crippen molar-refractivity contribution in [3.63, 3.8) is 0 Å². The van der Waals surface area contributed by atoms with Gasteiger partial charge in [-0.2, -0.15) is 0 Å². The zero-order chi connectivity index (χ0) is 11.6. The van der Waals surface area contributed by atoms with Crippen LogP contribution in [0.3, 0.4) is 0 Å². The summed E-state index contributed by atoms with van der Waals surface area (Å²) in [6.45, 7) is 8.11. The van der Waals surface area contributed by atoms with Gasteiger partial charge in [-0.3, -0.25) is 0 Å². The van der Waals surface area contributed by atoms with Crippen LogP contribution in [-0.2, 0) is 6.42 Å². The summed E-state index contributed by atoms with van der Waals surface area (Å²) in [6, 6.07) is 5.35. The molecule has 1 aromatic rings. The second kappa shape index (κ2) is 4.89. The maximum atomic E-state index is 3.64. The summed E-state index contributed by atoms with van der Waals surface area (Å²) < 4.78 is 0. The van der Waals surface area contributed by atoms with Crippen LogP contribution in [-0.4, -0.2) is 12.6 Å². The first kappa shape index (κ1) is 12.1. The molecule has 0 bridgehead atoms. The van der Waals surface area contributed by atoms with Gasteiger partial charge in [-0.25, -0.2) is 0 Å². The van der Waals surface area contributed by atoms with Gasteiger partial charge in [0.1, 0.15) is 0 Å². The van der Waals surface area contributed by atoms with E-state index in [4.69, 9.17) is 0 Å². The fourth-order valence-corrected chi connectivity index (χ4v) is 2.77. The van der Waals surface area contributed by atoms with Gasteiger partial charge in [-0.1, -0.05) is 13.8 Å². The molecule has 0 saturated heterocycles. The van der Waals surface area contributed by atoms with Crippen molar-refractivity contribution in [2.75, 3.05) is 6.54 Å². The molecule has 1 N–H and O–H groups in total. The largest absolute Gasteiger partial charge is 0.313 e. The van der Waals surface area contributed by atoms with Gasteiger partial charge in [-0.15, -0.1) is 11.3 Å². The van der Waals surface area contributed by atoms with Crippen molar-refractivity contribution < 1.29 is 0 Å². The van der Waals surface area contributed by atoms with E-state index in [1.54, 1.807) is 0 Å². The van der Waals surface area contributed by atoms with Crippen LogP contribution in [0.4, 0.5) is 0 Å². The third kappa shape index (κ3) is 3.91. The Hall–Kier alpha value is -0.340. The summed E-state index contributed by atoms with van der Waals surface area (Å²) in [5.41, 5.74) is 0.431. The van der Waals surface area contributed by atoms with Crippen LogP contribution in [0, 0.1) is 12.3 Å². The maximum Gasteiger partial charge on any atom is 0.00684 e. The number of rotatable bonds is 6. The van der Waals surface area contributed by atoms with Crippen molar-refractivity contribution in [2.24, 2.45) is 5.41 Å². The molecule has 1 heterocycles. The number of hydrogen-bond donors (Lipinski definition) is 1. The van der Waals surface area contributed by atoms with Gasteiger partial charge in [0.25, 0.3) is 0 Å². The van der Waals surface area contributed by atoms with E-state index in [9.17, 15) is 0 Å². The monoisotopic (exact) mass is 237 g/mol. The molecule has 2 heteroatoms. The van der Waals surface area contributed by atoms with Crippen molar-refractivity contribution in [1.29, 1.82) is 0 Å². The average Bonchev–Trinajstić information content (AvgIpc) is 2.96. The van der Waals surface area contributed by atoms with Gasteiger partial charge in [0.15, 0.2) is 0 Å². The van der Waals surface area contributed by atoms with Crippen molar-refractivity contribution in [2.45, 2.75) is 52.5 Å². The molecule has 0 unspecified atom stereocenters. The molecule has 1 nitrogen and oxygen atoms in total. The minimum atomic E-state index is 0.431. The first-order valence-corrected chi connectivity index (χ1v) is 7.15. The lowest BCUT2D eigenvalue weighted by atomic mass is 9.87. The Kier molecular flexibility index (Phi) is 3.70. The highest BCUT2D eigenvalue weighted by Crippen LogP contribution is 2.27. The summed E-state index contributed by atoms with van der Waals surface area (Å²) in [4.78, 5) is 2.97. The second-order valence-corrected chi connectivity index (χ2v) is 7.20. The molecular weight excluding hydrogens is 214 g/mol. The van der Waals surface area contributed by atoms with Gasteiger partial charge in [0, 0.05) is 22.3 Å². The third-order valence-corrected chi connectivity index (χ3v) is 4.35. The fraction of sp³-hybridized carbons (Fsp3) is 0.714. The lowest BCUT2D eigenvalue weighted by Crippen LogP contribution is -2.31. The van der Waals surface area contributed by atoms with Gasteiger partial charge in [0.05, 0.1) is 0 Å². The molecule has 90 valence electrons. The third-order valence-electron chi connectivity index (χ3n) is 3.29. The molecule has 16 heavy (non-hydrogen) atoms. The topological polar surface area (TPSA) is 12.0 Å². The van der Waals surface area contributed by atoms with Gasteiger partial charge in [0.2, 0.25) is 0 Å². The van der Waals surface area contributed by atoms with E-state index in [1.165, 1.54) is 42.0 Å². The van der Waals surface area contributed by atoms with Crippen LogP contribution < -0.4 is 5.32 Å². The zero-order valence-electron chi connectivity index (χ0n) is 10.7. The summed E-state index contributed by atoms with van der Waals surface area (Å²) in [6.07, 6.45) is 5.30. The lowest BCUT2D eigenvalue weighted by molar-refractivity contribution is 0.314. The standard InChI is InChI=1S/C14H23NS/c1-11-4-7-13(16-11)8-9-14(2,3)10-15-12-5-6-12/h4,7,12,15H,5-6,8-10H2,1-3H3. The average molecular weight is 237 g/mol. The van der Waals surface area contributed by atoms with Crippen LogP contribution in [0.25, 0.3) is 0 Å². The van der Waals surface area contributed by atoms with Crippen molar-refractivity contribution >= 4 is 11.3 Å². The summed E-state index contributed by atoms with van der Waals surface area (Å²) in [7, 11) is 0. The minimum absolute atomic E-state index is 0.431. The van der Waals surface area contributed by atoms with Crippen LogP contribution in [0.5, 0.6) is 0 Å². The lowest BCUT2D eigenvalue weighted by Gasteiger charge is -2.24. The van der Waals surface area contributed by atoms with Gasteiger partial charge < -0.3 is 5.32 Å². The van der Waals surface area contributed by atoms with E-state index in [2.05, 4.69) is 38.2 Å². The highest BCUT2D eigenvalue weighted by atomic mass is 32.1. The number of nitrogens with one attached hydrogen (secondary N) is 1. The quantitative estimate of drug-likeness (QED) is 0.794. The van der Waals surface area contributed by atoms with Crippen molar-refractivity contribution in [1.82, 2.24) is 5.32 Å². The first-order valence-electron chi connectivity index (χ1n) is 6.34. The zero-order valence-corrected chi connectivity index (χ0v) is 11.5. The summed E-state index contributed by atoms with van der Waals surface area (Å²) in [5, 5.41) is 3.64. The van der Waals surface area contributed by atoms with E-state index in [0.717, 1.165) is 6.04 Å². The summed E-state index contributed by atoms with van der Waals surface area (Å²) >= 11 is 1.94. The molecule has 0 atom stereocenters. The Bertz CT molecular complexity index is 336. The van der Waals surface area contributed by atoms with E-state index < -0.39 is 0 Å². The Balaban J connectivity index is 1.74. The molecule has 0 radical (unpaired) electrons. The Morgan fingerprint density at radius 3 is 2.69 bits per heavy atom. The van der Waals surface area contributed by atoms with Crippen LogP contribution in [0.2, 0.25) is 0 Å². The van der Waals surface area contributed by atoms with E-state index in [1.807, 2.05) is 11.3 Å². The van der Waals surface area contributed by atoms with Gasteiger partial charge >= 0.3 is 0 Å². The predicted octanol–water partition coefficient (Wildman–Crippen LogP) is 3.77. The van der Waals surface area contributed by atoms with E-state index >= 15 is 0 Å². The van der Waals surface area contributed by atoms with Crippen molar-refractivity contribution in [3.8, 4) is 0 Å². The first-order chi connectivity index (χ1) is 7.55. The van der Waals surface area contributed by atoms with E-state index in [-0.39, 0.29) is 0 Å². The Morgan fingerprint density at radius 2 is 2.12 bits per heavy atom. The van der Waals surface area contributed by atoms with Crippen LogP contribution in [0.1, 0.15) is 42.9 Å². The number of hydrogen-bond acceptors (Lipinski definition) is 2. The second-order valence-electron chi connectivity index (χ2n) is 5.83. The number of thiophene rings is 1. The minimum Gasteiger partial charge on any atom is -0.313 e. The highest BCUT2D eigenvalue weighted by Gasteiger charge is 2.25. The smallest absolute Gasteiger partial charge is 0.00684 e. The number of aryl methyl sites for hydroxylation is 2. The Morgan fingerprint density at radius 1 is 1.38 bits per heavy atom. The Labute approximate surface area is 103 Å². The van der Waals surface area contributed by atoms with Gasteiger partial charge in [-0.05, 0) is 50.2 Å². The highest BCUT2D eigenvalue weighted by molar-refractivity contribution is 7.11. The molecule has 1 aliphatic carbocycles. The van der Waals surface area contributed by atoms with Crippen LogP contribution in [0.15, 0.2) is 12.1 Å². The molecule has 0 amide bonds. The SMILES string of the molecule is Cc1ccc(CCC(C)(C)CNC2CC2)s1. The normalized spacial score (nSPS) is 16.7. The molecule has 2 rings (SSSR count). The van der Waals surface area contributed by atoms with Crippen molar-refractivity contribution in [3.05, 3.63) is 21.9 Å². The van der Waals surface area contributed by atoms with E-state index in [0.29, 0.717) is 5.41 Å². The molecule has 0 aromatic carbocycles. The molecule has 1 saturated carbocycles. The summed E-state index contributed by atoms with van der Waals surface area (Å²) in [5.74, 6) is 0. The van der Waals surface area contributed by atoms with Crippen LogP contribution >= 0.6 is 11.3 Å². The fourth-order valence-electron chi connectivity index (χ4n) is 1.88. The molecule has 1 fully saturated rings. The molecule has 0 spiro atoms.